The van der Waals surface area contributed by atoms with E-state index in [1.54, 1.807) is 0 Å². The predicted octanol–water partition coefficient (Wildman–Crippen LogP) is 15.1. The van der Waals surface area contributed by atoms with E-state index in [-0.39, 0.29) is 59.1 Å². The van der Waals surface area contributed by atoms with Crippen molar-refractivity contribution < 1.29 is 44.5 Å². The molecule has 0 aliphatic rings. The van der Waals surface area contributed by atoms with Gasteiger partial charge in [-0.15, -0.1) is 0 Å². The monoisotopic (exact) mass is 953 g/mol. The van der Waals surface area contributed by atoms with Crippen LogP contribution in [0.2, 0.25) is 0 Å². The molecule has 0 bridgehead atoms. The zero-order valence-corrected chi connectivity index (χ0v) is 41.8. The molecule has 0 spiro atoms. The van der Waals surface area contributed by atoms with Gasteiger partial charge in [-0.25, -0.2) is 0 Å². The molecule has 0 rings (SSSR count). The Balaban J connectivity index is -0.000000201. The van der Waals surface area contributed by atoms with E-state index in [0.717, 1.165) is 26.4 Å². The molecule has 0 saturated heterocycles. The summed E-state index contributed by atoms with van der Waals surface area (Å²) in [6.07, 6.45) is 56.3. The van der Waals surface area contributed by atoms with E-state index in [2.05, 4.69) is 27.7 Å². The van der Waals surface area contributed by atoms with Crippen LogP contribution in [0.4, 0.5) is 0 Å². The van der Waals surface area contributed by atoms with Crippen LogP contribution in [0.3, 0.4) is 0 Å². The molecule has 0 aromatic heterocycles. The molecule has 372 valence electrons. The Morgan fingerprint density at radius 2 is 0.339 bits per heavy atom. The summed E-state index contributed by atoms with van der Waals surface area (Å²) >= 11 is 0. The quantitative estimate of drug-likeness (QED) is 0.0262. The number of rotatable bonds is 44. The van der Waals surface area contributed by atoms with Crippen molar-refractivity contribution in [3.63, 3.8) is 0 Å². The second-order valence-electron chi connectivity index (χ2n) is 16.8. The van der Waals surface area contributed by atoms with Crippen molar-refractivity contribution in [2.75, 3.05) is 26.4 Å². The predicted molar refractivity (Wildman–Crippen MR) is 272 cm³/mol. The second-order valence-corrected chi connectivity index (χ2v) is 18.6. The van der Waals surface area contributed by atoms with Crippen molar-refractivity contribution in [3.8, 4) is 0 Å². The zero-order valence-electron chi connectivity index (χ0n) is 40.2. The van der Waals surface area contributed by atoms with Gasteiger partial charge in [-0.1, -0.05) is 259 Å². The summed E-state index contributed by atoms with van der Waals surface area (Å²) in [4.78, 5) is 0. The first-order valence-corrected chi connectivity index (χ1v) is 28.2. The third-order valence-electron chi connectivity index (χ3n) is 10.6. The normalized spacial score (nSPS) is 11.0. The SMILES string of the molecule is CCCCCCCCCCCCOCCCCCCCCCCCC.CCCCCCCCCCCCOCCCCCCCCCCCC.O=S(=O)(O)O.O=S(=O)(O)O.[NaH].[NaH]. The topological polar surface area (TPSA) is 168 Å². The summed E-state index contributed by atoms with van der Waals surface area (Å²) in [5, 5.41) is 0. The van der Waals surface area contributed by atoms with Crippen LogP contribution in [0.15, 0.2) is 0 Å². The summed E-state index contributed by atoms with van der Waals surface area (Å²) in [5.74, 6) is 0. The molecule has 0 unspecified atom stereocenters. The molecule has 0 heterocycles. The fraction of sp³-hybridized carbons (Fsp3) is 1.00. The molecule has 0 aromatic rings. The van der Waals surface area contributed by atoms with Crippen LogP contribution >= 0.6 is 0 Å². The van der Waals surface area contributed by atoms with Gasteiger partial charge in [0.15, 0.2) is 0 Å². The van der Waals surface area contributed by atoms with Crippen LogP contribution in [-0.4, -0.2) is 121 Å². The van der Waals surface area contributed by atoms with Gasteiger partial charge in [0, 0.05) is 26.4 Å². The van der Waals surface area contributed by atoms with Crippen LogP contribution in [-0.2, 0) is 30.3 Å². The number of ether oxygens (including phenoxy) is 2. The van der Waals surface area contributed by atoms with Crippen molar-refractivity contribution in [2.45, 2.75) is 285 Å². The first kappa shape index (κ1) is 75.2. The average Bonchev–Trinajstić information content (AvgIpc) is 3.18. The Kier molecular flexibility index (Phi) is 81.2. The van der Waals surface area contributed by atoms with Crippen LogP contribution in [0, 0.1) is 0 Å². The van der Waals surface area contributed by atoms with Crippen LogP contribution in [0.5, 0.6) is 0 Å². The maximum atomic E-state index is 8.74. The fourth-order valence-corrected chi connectivity index (χ4v) is 6.97. The van der Waals surface area contributed by atoms with Crippen LogP contribution in [0.25, 0.3) is 0 Å². The number of unbranched alkanes of at least 4 members (excludes halogenated alkanes) is 36. The van der Waals surface area contributed by atoms with Gasteiger partial charge in [-0.3, -0.25) is 18.2 Å². The Morgan fingerprint density at radius 3 is 0.452 bits per heavy atom. The van der Waals surface area contributed by atoms with E-state index in [9.17, 15) is 0 Å². The molecule has 0 aliphatic heterocycles. The summed E-state index contributed by atoms with van der Waals surface area (Å²) in [7, 11) is -9.33. The molecular formula is C48H106Na2O10S2. The molecule has 4 N–H and O–H groups in total. The van der Waals surface area contributed by atoms with E-state index in [1.807, 2.05) is 0 Å². The molecule has 0 fully saturated rings. The molecule has 0 atom stereocenters. The fourth-order valence-electron chi connectivity index (χ4n) is 6.97. The third kappa shape index (κ3) is 109. The summed E-state index contributed by atoms with van der Waals surface area (Å²) in [6.45, 7) is 13.1. The molecule has 62 heavy (non-hydrogen) atoms. The molecule has 0 aromatic carbocycles. The molecule has 14 heteroatoms. The molecule has 0 aliphatic carbocycles. The standard InChI is InChI=1S/2C24H50O.2Na.2H2O4S.2H/c2*1-3-5-7-9-11-13-15-17-19-21-23-25-24-22-20-18-16-14-12-10-8-6-4-2;;;2*1-5(2,3)4;;/h2*3-24H2,1-2H3;;;2*(H2,1,2,3,4);;. The average molecular weight is 953 g/mol. The van der Waals surface area contributed by atoms with Gasteiger partial charge in [-0.05, 0) is 25.7 Å². The van der Waals surface area contributed by atoms with Crippen LogP contribution in [0.1, 0.15) is 285 Å². The van der Waals surface area contributed by atoms with Gasteiger partial charge >= 0.3 is 79.9 Å². The first-order chi connectivity index (χ1) is 28.8. The molecular weight excluding hydrogens is 847 g/mol. The van der Waals surface area contributed by atoms with E-state index < -0.39 is 20.8 Å². The van der Waals surface area contributed by atoms with Gasteiger partial charge in [-0.2, -0.15) is 16.8 Å². The van der Waals surface area contributed by atoms with Crippen molar-refractivity contribution >= 4 is 79.9 Å². The number of hydrogen-bond donors (Lipinski definition) is 4. The molecule has 10 nitrogen and oxygen atoms in total. The van der Waals surface area contributed by atoms with Gasteiger partial charge in [0.2, 0.25) is 0 Å². The van der Waals surface area contributed by atoms with Crippen LogP contribution < -0.4 is 0 Å². The van der Waals surface area contributed by atoms with Crippen molar-refractivity contribution in [1.82, 2.24) is 0 Å². The first-order valence-electron chi connectivity index (χ1n) is 25.4. The minimum absolute atomic E-state index is 0. The maximum absolute atomic E-state index is 8.74. The number of hydrogen-bond acceptors (Lipinski definition) is 6. The molecule has 0 amide bonds. The second kappa shape index (κ2) is 66.9. The van der Waals surface area contributed by atoms with Gasteiger partial charge in [0.05, 0.1) is 0 Å². The van der Waals surface area contributed by atoms with E-state index in [1.165, 1.54) is 257 Å². The Labute approximate surface area is 431 Å². The zero-order chi connectivity index (χ0) is 45.5. The van der Waals surface area contributed by atoms with Crippen molar-refractivity contribution in [2.24, 2.45) is 0 Å². The van der Waals surface area contributed by atoms with Crippen molar-refractivity contribution in [1.29, 1.82) is 0 Å². The van der Waals surface area contributed by atoms with E-state index in [0.29, 0.717) is 0 Å². The Hall–Kier alpha value is 1.66. The summed E-state index contributed by atoms with van der Waals surface area (Å²) in [6, 6.07) is 0. The Morgan fingerprint density at radius 1 is 0.242 bits per heavy atom. The molecule has 0 saturated carbocycles. The molecule has 0 radical (unpaired) electrons. The summed E-state index contributed by atoms with van der Waals surface area (Å²) < 4.78 is 74.7. The van der Waals surface area contributed by atoms with Gasteiger partial charge < -0.3 is 9.47 Å². The van der Waals surface area contributed by atoms with Gasteiger partial charge in [0.25, 0.3) is 0 Å². The minimum atomic E-state index is -4.67. The summed E-state index contributed by atoms with van der Waals surface area (Å²) in [5.41, 5.74) is 0. The van der Waals surface area contributed by atoms with Gasteiger partial charge in [0.1, 0.15) is 0 Å². The van der Waals surface area contributed by atoms with E-state index >= 15 is 0 Å². The van der Waals surface area contributed by atoms with Crippen molar-refractivity contribution in [3.05, 3.63) is 0 Å². The third-order valence-corrected chi connectivity index (χ3v) is 10.6. The Bertz CT molecular complexity index is 826. The van der Waals surface area contributed by atoms with E-state index in [4.69, 9.17) is 44.5 Å².